The first-order valence-corrected chi connectivity index (χ1v) is 5.18. The average molecular weight is 209 g/mol. The molecule has 0 amide bonds. The molecule has 1 fully saturated rings. The van der Waals surface area contributed by atoms with Crippen LogP contribution in [0.5, 0.6) is 0 Å². The molecule has 1 N–H and O–H groups in total. The van der Waals surface area contributed by atoms with Gasteiger partial charge in [-0.3, -0.25) is 4.90 Å². The van der Waals surface area contributed by atoms with Gasteiger partial charge < -0.3 is 9.52 Å². The minimum absolute atomic E-state index is 0.229. The fraction of sp³-hybridized carbons (Fsp3) is 0.545. The lowest BCUT2D eigenvalue weighted by atomic mass is 9.92. The Bertz CT molecular complexity index is 354. The Hall–Kier alpha value is -1.29. The topological polar surface area (TPSA) is 53.7 Å². The van der Waals surface area contributed by atoms with Gasteiger partial charge in [0.25, 0.3) is 0 Å². The highest BCUT2D eigenvalue weighted by molar-refractivity contribution is 5.87. The summed E-state index contributed by atoms with van der Waals surface area (Å²) in [7, 11) is 2.05. The van der Waals surface area contributed by atoms with E-state index in [-0.39, 0.29) is 5.56 Å². The van der Waals surface area contributed by atoms with Gasteiger partial charge in [0.2, 0.25) is 0 Å². The second-order valence-electron chi connectivity index (χ2n) is 4.11. The van der Waals surface area contributed by atoms with E-state index in [1.165, 1.54) is 25.5 Å². The van der Waals surface area contributed by atoms with Crippen molar-refractivity contribution in [1.82, 2.24) is 4.90 Å². The van der Waals surface area contributed by atoms with E-state index in [0.29, 0.717) is 12.6 Å². The number of rotatable bonds is 4. The summed E-state index contributed by atoms with van der Waals surface area (Å²) in [5.74, 6) is -0.210. The number of nitrogens with zero attached hydrogens (tertiary/aromatic N) is 1. The van der Waals surface area contributed by atoms with Crippen LogP contribution in [-0.2, 0) is 6.54 Å². The van der Waals surface area contributed by atoms with Crippen LogP contribution in [0.15, 0.2) is 16.7 Å². The SMILES string of the molecule is CN(Cc1cc(C(=O)O)co1)C1CCC1. The Morgan fingerprint density at radius 3 is 2.87 bits per heavy atom. The minimum atomic E-state index is -0.934. The van der Waals surface area contributed by atoms with Crippen molar-refractivity contribution in [3.63, 3.8) is 0 Å². The van der Waals surface area contributed by atoms with Crippen LogP contribution < -0.4 is 0 Å². The van der Waals surface area contributed by atoms with Crippen molar-refractivity contribution in [2.45, 2.75) is 31.8 Å². The Morgan fingerprint density at radius 2 is 2.40 bits per heavy atom. The van der Waals surface area contributed by atoms with Crippen molar-refractivity contribution in [1.29, 1.82) is 0 Å². The number of aromatic carboxylic acids is 1. The monoisotopic (exact) mass is 209 g/mol. The summed E-state index contributed by atoms with van der Waals surface area (Å²) in [6.45, 7) is 0.692. The van der Waals surface area contributed by atoms with Crippen LogP contribution in [-0.4, -0.2) is 29.1 Å². The van der Waals surface area contributed by atoms with Crippen molar-refractivity contribution in [3.05, 3.63) is 23.7 Å². The molecule has 0 atom stereocenters. The van der Waals surface area contributed by atoms with Crippen molar-refractivity contribution < 1.29 is 14.3 Å². The molecule has 1 aliphatic carbocycles. The van der Waals surface area contributed by atoms with Crippen LogP contribution in [0.2, 0.25) is 0 Å². The molecule has 15 heavy (non-hydrogen) atoms. The number of furan rings is 1. The number of hydrogen-bond acceptors (Lipinski definition) is 3. The van der Waals surface area contributed by atoms with E-state index < -0.39 is 5.97 Å². The van der Waals surface area contributed by atoms with E-state index in [2.05, 4.69) is 4.90 Å². The van der Waals surface area contributed by atoms with Crippen LogP contribution >= 0.6 is 0 Å². The molecular formula is C11H15NO3. The highest BCUT2D eigenvalue weighted by atomic mass is 16.4. The van der Waals surface area contributed by atoms with Crippen molar-refractivity contribution in [2.75, 3.05) is 7.05 Å². The van der Waals surface area contributed by atoms with Gasteiger partial charge in [0.05, 0.1) is 12.1 Å². The molecule has 0 bridgehead atoms. The highest BCUT2D eigenvalue weighted by Crippen LogP contribution is 2.25. The van der Waals surface area contributed by atoms with Crippen molar-refractivity contribution in [3.8, 4) is 0 Å². The summed E-state index contributed by atoms with van der Waals surface area (Å²) in [4.78, 5) is 12.8. The molecule has 0 unspecified atom stereocenters. The largest absolute Gasteiger partial charge is 0.478 e. The molecule has 0 aliphatic heterocycles. The number of hydrogen-bond donors (Lipinski definition) is 1. The third kappa shape index (κ3) is 2.21. The second kappa shape index (κ2) is 4.06. The molecule has 82 valence electrons. The molecule has 1 heterocycles. The first-order valence-electron chi connectivity index (χ1n) is 5.18. The predicted molar refractivity (Wildman–Crippen MR) is 54.8 cm³/mol. The lowest BCUT2D eigenvalue weighted by Crippen LogP contribution is -2.36. The molecule has 0 saturated heterocycles. The van der Waals surface area contributed by atoms with Crippen molar-refractivity contribution >= 4 is 5.97 Å². The maximum Gasteiger partial charge on any atom is 0.338 e. The third-order valence-corrected chi connectivity index (χ3v) is 3.00. The van der Waals surface area contributed by atoms with Crippen LogP contribution in [0.4, 0.5) is 0 Å². The normalized spacial score (nSPS) is 16.7. The van der Waals surface area contributed by atoms with E-state index in [1.807, 2.05) is 7.05 Å². The van der Waals surface area contributed by atoms with Crippen LogP contribution in [0, 0.1) is 0 Å². The fourth-order valence-electron chi connectivity index (χ4n) is 1.78. The maximum atomic E-state index is 10.6. The molecule has 1 aromatic rings. The Balaban J connectivity index is 1.94. The lowest BCUT2D eigenvalue weighted by Gasteiger charge is -2.34. The van der Waals surface area contributed by atoms with E-state index in [0.717, 1.165) is 5.76 Å². The number of carboxylic acids is 1. The highest BCUT2D eigenvalue weighted by Gasteiger charge is 2.22. The summed E-state index contributed by atoms with van der Waals surface area (Å²) in [5, 5.41) is 8.73. The van der Waals surface area contributed by atoms with Gasteiger partial charge in [-0.25, -0.2) is 4.79 Å². The summed E-state index contributed by atoms with van der Waals surface area (Å²) in [6, 6.07) is 2.24. The van der Waals surface area contributed by atoms with Gasteiger partial charge in [0.1, 0.15) is 12.0 Å². The third-order valence-electron chi connectivity index (χ3n) is 3.00. The molecule has 4 heteroatoms. The molecule has 1 aromatic heterocycles. The van der Waals surface area contributed by atoms with Gasteiger partial charge in [-0.2, -0.15) is 0 Å². The molecule has 4 nitrogen and oxygen atoms in total. The summed E-state index contributed by atoms with van der Waals surface area (Å²) >= 11 is 0. The van der Waals surface area contributed by atoms with Crippen LogP contribution in [0.1, 0.15) is 35.4 Å². The second-order valence-corrected chi connectivity index (χ2v) is 4.11. The average Bonchev–Trinajstić information content (AvgIpc) is 2.48. The molecule has 0 spiro atoms. The Kier molecular flexibility index (Phi) is 2.77. The zero-order valence-electron chi connectivity index (χ0n) is 8.77. The van der Waals surface area contributed by atoms with Gasteiger partial charge in [-0.1, -0.05) is 6.42 Å². The maximum absolute atomic E-state index is 10.6. The summed E-state index contributed by atoms with van der Waals surface area (Å²) in [6.07, 6.45) is 5.08. The van der Waals surface area contributed by atoms with E-state index in [9.17, 15) is 4.79 Å². The smallest absolute Gasteiger partial charge is 0.338 e. The molecule has 0 aromatic carbocycles. The van der Waals surface area contributed by atoms with E-state index in [1.54, 1.807) is 6.07 Å². The zero-order valence-corrected chi connectivity index (χ0v) is 8.77. The summed E-state index contributed by atoms with van der Waals surface area (Å²) < 4.78 is 5.19. The van der Waals surface area contributed by atoms with Crippen LogP contribution in [0.3, 0.4) is 0 Å². The predicted octanol–water partition coefficient (Wildman–Crippen LogP) is 1.96. The Morgan fingerprint density at radius 1 is 1.67 bits per heavy atom. The van der Waals surface area contributed by atoms with Crippen LogP contribution in [0.25, 0.3) is 0 Å². The van der Waals surface area contributed by atoms with E-state index in [4.69, 9.17) is 9.52 Å². The lowest BCUT2D eigenvalue weighted by molar-refractivity contribution is 0.0696. The molecule has 2 rings (SSSR count). The van der Waals surface area contributed by atoms with Gasteiger partial charge in [-0.15, -0.1) is 0 Å². The first-order chi connectivity index (χ1) is 7.16. The quantitative estimate of drug-likeness (QED) is 0.823. The number of carbonyl (C=O) groups is 1. The van der Waals surface area contributed by atoms with Gasteiger partial charge in [0.15, 0.2) is 0 Å². The minimum Gasteiger partial charge on any atom is -0.478 e. The number of carboxylic acid groups (broad SMARTS) is 1. The standard InChI is InChI=1S/C11H15NO3/c1-12(9-3-2-4-9)6-10-5-8(7-15-10)11(13)14/h5,7,9H,2-4,6H2,1H3,(H,13,14). The molecular weight excluding hydrogens is 194 g/mol. The van der Waals surface area contributed by atoms with Gasteiger partial charge in [-0.05, 0) is 26.0 Å². The summed E-state index contributed by atoms with van der Waals surface area (Å²) in [5.41, 5.74) is 0.229. The van der Waals surface area contributed by atoms with E-state index >= 15 is 0 Å². The first kappa shape index (κ1) is 10.2. The Labute approximate surface area is 88.5 Å². The molecule has 1 saturated carbocycles. The zero-order chi connectivity index (χ0) is 10.8. The molecule has 1 aliphatic rings. The molecule has 0 radical (unpaired) electrons. The fourth-order valence-corrected chi connectivity index (χ4v) is 1.78. The van der Waals surface area contributed by atoms with Crippen molar-refractivity contribution in [2.24, 2.45) is 0 Å². The van der Waals surface area contributed by atoms with Gasteiger partial charge in [0, 0.05) is 6.04 Å². The van der Waals surface area contributed by atoms with Gasteiger partial charge >= 0.3 is 5.97 Å².